The Labute approximate surface area is 172 Å². The van der Waals surface area contributed by atoms with Gasteiger partial charge in [-0.15, -0.1) is 0 Å². The summed E-state index contributed by atoms with van der Waals surface area (Å²) in [6.07, 6.45) is 5.16. The van der Waals surface area contributed by atoms with Crippen molar-refractivity contribution < 1.29 is 8.42 Å². The van der Waals surface area contributed by atoms with E-state index in [-0.39, 0.29) is 4.90 Å². The van der Waals surface area contributed by atoms with Crippen molar-refractivity contribution in [2.75, 3.05) is 64.3 Å². The normalized spacial score (nSPS) is 20.1. The fourth-order valence-corrected chi connectivity index (χ4v) is 5.14. The van der Waals surface area contributed by atoms with Gasteiger partial charge in [-0.2, -0.15) is 4.31 Å². The molecule has 0 aromatic carbocycles. The van der Waals surface area contributed by atoms with Crippen LogP contribution in [0.25, 0.3) is 0 Å². The third-order valence-electron chi connectivity index (χ3n) is 5.67. The highest BCUT2D eigenvalue weighted by molar-refractivity contribution is 7.89. The molecule has 0 spiro atoms. The number of pyridine rings is 2. The van der Waals surface area contributed by atoms with Crippen LogP contribution >= 0.6 is 0 Å². The van der Waals surface area contributed by atoms with E-state index in [4.69, 9.17) is 0 Å². The molecule has 0 aliphatic carbocycles. The van der Waals surface area contributed by atoms with Gasteiger partial charge in [0.25, 0.3) is 0 Å². The molecule has 8 nitrogen and oxygen atoms in total. The van der Waals surface area contributed by atoms with Gasteiger partial charge >= 0.3 is 0 Å². The van der Waals surface area contributed by atoms with Crippen molar-refractivity contribution >= 4 is 15.8 Å². The van der Waals surface area contributed by atoms with Crippen LogP contribution in [0.5, 0.6) is 0 Å². The summed E-state index contributed by atoms with van der Waals surface area (Å²) in [6.45, 7) is 7.15. The first-order valence-electron chi connectivity index (χ1n) is 10.0. The Morgan fingerprint density at radius 2 is 1.59 bits per heavy atom. The van der Waals surface area contributed by atoms with E-state index in [1.165, 1.54) is 11.8 Å². The zero-order valence-corrected chi connectivity index (χ0v) is 17.6. The third kappa shape index (κ3) is 4.75. The summed E-state index contributed by atoms with van der Waals surface area (Å²) in [4.78, 5) is 15.6. The van der Waals surface area contributed by atoms with E-state index in [9.17, 15) is 8.42 Å². The Morgan fingerprint density at radius 3 is 2.21 bits per heavy atom. The second-order valence-electron chi connectivity index (χ2n) is 7.68. The Kier molecular flexibility index (Phi) is 6.09. The molecule has 2 aromatic heterocycles. The minimum Gasteiger partial charge on any atom is -0.354 e. The molecule has 0 bridgehead atoms. The number of piperazine rings is 2. The summed E-state index contributed by atoms with van der Waals surface area (Å²) < 4.78 is 27.2. The topological polar surface area (TPSA) is 72.9 Å². The van der Waals surface area contributed by atoms with Gasteiger partial charge in [0.05, 0.1) is 0 Å². The molecular formula is C20H28N6O2S. The first-order chi connectivity index (χ1) is 14.0. The van der Waals surface area contributed by atoms with Gasteiger partial charge in [0.1, 0.15) is 10.7 Å². The van der Waals surface area contributed by atoms with Gasteiger partial charge in [-0.3, -0.25) is 9.88 Å². The van der Waals surface area contributed by atoms with Crippen LogP contribution in [-0.4, -0.2) is 91.9 Å². The lowest BCUT2D eigenvalue weighted by Gasteiger charge is -2.35. The number of rotatable bonds is 5. The molecule has 156 valence electrons. The number of anilines is 1. The van der Waals surface area contributed by atoms with E-state index in [2.05, 4.69) is 24.7 Å². The maximum absolute atomic E-state index is 12.8. The minimum atomic E-state index is -3.46. The largest absolute Gasteiger partial charge is 0.354 e. The molecule has 0 saturated carbocycles. The smallest absolute Gasteiger partial charge is 0.244 e. The van der Waals surface area contributed by atoms with E-state index in [0.29, 0.717) is 13.1 Å². The number of hydrogen-bond donors (Lipinski definition) is 0. The van der Waals surface area contributed by atoms with Crippen molar-refractivity contribution in [1.29, 1.82) is 0 Å². The van der Waals surface area contributed by atoms with E-state index < -0.39 is 10.0 Å². The Bertz CT molecular complexity index is 890. The van der Waals surface area contributed by atoms with Gasteiger partial charge in [-0.1, -0.05) is 0 Å². The molecule has 0 N–H and O–H groups in total. The van der Waals surface area contributed by atoms with Crippen molar-refractivity contribution in [2.24, 2.45) is 0 Å². The summed E-state index contributed by atoms with van der Waals surface area (Å²) in [5.74, 6) is 0.839. The molecule has 9 heteroatoms. The maximum atomic E-state index is 12.8. The van der Waals surface area contributed by atoms with Crippen molar-refractivity contribution in [3.05, 3.63) is 48.4 Å². The maximum Gasteiger partial charge on any atom is 0.244 e. The summed E-state index contributed by atoms with van der Waals surface area (Å²) in [5.41, 5.74) is 1.27. The Morgan fingerprint density at radius 1 is 0.897 bits per heavy atom. The van der Waals surface area contributed by atoms with Gasteiger partial charge < -0.3 is 9.80 Å². The standard InChI is InChI=1S/C20H28N6O2S/c1-23-8-14-26(15-9-23)29(27,28)19-2-3-20(22-16-19)25-12-10-24(11-13-25)17-18-4-6-21-7-5-18/h2-7,16H,8-15,17H2,1H3. The van der Waals surface area contributed by atoms with E-state index in [1.807, 2.05) is 37.6 Å². The summed E-state index contributed by atoms with van der Waals surface area (Å²) >= 11 is 0. The SMILES string of the molecule is CN1CCN(S(=O)(=O)c2ccc(N3CCN(Cc4ccncc4)CC3)nc2)CC1. The van der Waals surface area contributed by atoms with Crippen molar-refractivity contribution in [1.82, 2.24) is 24.1 Å². The fraction of sp³-hybridized carbons (Fsp3) is 0.500. The second kappa shape index (κ2) is 8.74. The first kappa shape index (κ1) is 20.2. The molecule has 0 unspecified atom stereocenters. The highest BCUT2D eigenvalue weighted by Crippen LogP contribution is 2.20. The molecule has 0 radical (unpaired) electrons. The predicted octanol–water partition coefficient (Wildman–Crippen LogP) is 0.735. The van der Waals surface area contributed by atoms with E-state index in [1.54, 1.807) is 10.4 Å². The average Bonchev–Trinajstić information content (AvgIpc) is 2.75. The van der Waals surface area contributed by atoms with Gasteiger partial charge in [-0.05, 0) is 36.9 Å². The molecule has 2 saturated heterocycles. The van der Waals surface area contributed by atoms with Crippen molar-refractivity contribution in [3.63, 3.8) is 0 Å². The molecule has 2 fully saturated rings. The zero-order valence-electron chi connectivity index (χ0n) is 16.8. The highest BCUT2D eigenvalue weighted by atomic mass is 32.2. The molecule has 2 aliphatic heterocycles. The number of likely N-dealkylation sites (N-methyl/N-ethyl adjacent to an activating group) is 1. The zero-order chi connectivity index (χ0) is 20.3. The molecular weight excluding hydrogens is 388 g/mol. The molecule has 29 heavy (non-hydrogen) atoms. The van der Waals surface area contributed by atoms with Crippen LogP contribution in [0.15, 0.2) is 47.8 Å². The summed E-state index contributed by atoms with van der Waals surface area (Å²) in [7, 11) is -1.45. The van der Waals surface area contributed by atoms with Crippen LogP contribution in [-0.2, 0) is 16.6 Å². The minimum absolute atomic E-state index is 0.280. The lowest BCUT2D eigenvalue weighted by molar-refractivity contribution is 0.222. The quantitative estimate of drug-likeness (QED) is 0.712. The number of hydrogen-bond acceptors (Lipinski definition) is 7. The lowest BCUT2D eigenvalue weighted by Crippen LogP contribution is -2.47. The van der Waals surface area contributed by atoms with Crippen LogP contribution in [0.1, 0.15) is 5.56 Å². The van der Waals surface area contributed by atoms with Gasteiger partial charge in [0.2, 0.25) is 10.0 Å². The van der Waals surface area contributed by atoms with Crippen molar-refractivity contribution in [2.45, 2.75) is 11.4 Å². The van der Waals surface area contributed by atoms with E-state index >= 15 is 0 Å². The molecule has 2 aliphatic rings. The van der Waals surface area contributed by atoms with Gasteiger partial charge in [-0.25, -0.2) is 13.4 Å². The van der Waals surface area contributed by atoms with E-state index in [0.717, 1.165) is 51.6 Å². The molecule has 4 heterocycles. The highest BCUT2D eigenvalue weighted by Gasteiger charge is 2.28. The molecule has 4 rings (SSSR count). The first-order valence-corrected chi connectivity index (χ1v) is 11.5. The predicted molar refractivity (Wildman–Crippen MR) is 112 cm³/mol. The van der Waals surface area contributed by atoms with Crippen molar-refractivity contribution in [3.8, 4) is 0 Å². The summed E-state index contributed by atoms with van der Waals surface area (Å²) in [6, 6.07) is 7.63. The monoisotopic (exact) mass is 416 g/mol. The van der Waals surface area contributed by atoms with Gasteiger partial charge in [0.15, 0.2) is 0 Å². The number of aromatic nitrogens is 2. The second-order valence-corrected chi connectivity index (χ2v) is 9.62. The number of sulfonamides is 1. The Hall–Kier alpha value is -2.07. The molecule has 0 amide bonds. The average molecular weight is 417 g/mol. The van der Waals surface area contributed by atoms with Gasteiger partial charge in [0, 0.05) is 77.5 Å². The van der Waals surface area contributed by atoms with Crippen LogP contribution in [0, 0.1) is 0 Å². The van der Waals surface area contributed by atoms with Crippen LogP contribution < -0.4 is 4.90 Å². The van der Waals surface area contributed by atoms with Crippen LogP contribution in [0.3, 0.4) is 0 Å². The van der Waals surface area contributed by atoms with Crippen LogP contribution in [0.4, 0.5) is 5.82 Å². The van der Waals surface area contributed by atoms with Crippen LogP contribution in [0.2, 0.25) is 0 Å². The Balaban J connectivity index is 1.35. The molecule has 0 atom stereocenters. The lowest BCUT2D eigenvalue weighted by atomic mass is 10.2. The number of nitrogens with zero attached hydrogens (tertiary/aromatic N) is 6. The third-order valence-corrected chi connectivity index (χ3v) is 7.55. The summed E-state index contributed by atoms with van der Waals surface area (Å²) in [5, 5.41) is 0. The fourth-order valence-electron chi connectivity index (χ4n) is 3.77. The molecule has 2 aromatic rings.